The first-order valence-electron chi connectivity index (χ1n) is 6.56. The van der Waals surface area contributed by atoms with Crippen molar-refractivity contribution in [3.63, 3.8) is 0 Å². The molecule has 0 spiro atoms. The van der Waals surface area contributed by atoms with Crippen LogP contribution in [0.1, 0.15) is 5.56 Å². The Hall–Kier alpha value is -2.76. The summed E-state index contributed by atoms with van der Waals surface area (Å²) in [5, 5.41) is 1.94. The summed E-state index contributed by atoms with van der Waals surface area (Å²) >= 11 is 0. The summed E-state index contributed by atoms with van der Waals surface area (Å²) < 4.78 is 37.5. The molecule has 0 aliphatic heterocycles. The lowest BCUT2D eigenvalue weighted by atomic mass is 10.1. The highest BCUT2D eigenvalue weighted by atomic mass is 19.4. The third-order valence-corrected chi connectivity index (χ3v) is 3.23. The van der Waals surface area contributed by atoms with E-state index in [-0.39, 0.29) is 0 Å². The normalized spacial score (nSPS) is 11.4. The van der Waals surface area contributed by atoms with E-state index in [9.17, 15) is 13.2 Å². The van der Waals surface area contributed by atoms with E-state index in [1.807, 2.05) is 24.3 Å². The third-order valence-electron chi connectivity index (χ3n) is 3.23. The number of halogens is 3. The van der Waals surface area contributed by atoms with Gasteiger partial charge in [0, 0.05) is 23.2 Å². The fraction of sp³-hybridized carbons (Fsp3) is 0.0625. The Morgan fingerprint density at radius 2 is 1.64 bits per heavy atom. The van der Waals surface area contributed by atoms with Crippen LogP contribution in [0.4, 0.5) is 24.5 Å². The van der Waals surface area contributed by atoms with Crippen molar-refractivity contribution in [2.24, 2.45) is 0 Å². The molecule has 0 amide bonds. The van der Waals surface area contributed by atoms with Gasteiger partial charge in [0.25, 0.3) is 0 Å². The lowest BCUT2D eigenvalue weighted by Crippen LogP contribution is -2.10. The molecule has 0 saturated heterocycles. The zero-order valence-electron chi connectivity index (χ0n) is 11.4. The van der Waals surface area contributed by atoms with Crippen LogP contribution in [-0.4, -0.2) is 4.98 Å². The number of fused-ring (bicyclic) bond motifs is 1. The topological polar surface area (TPSA) is 37.0 Å². The lowest BCUT2D eigenvalue weighted by Gasteiger charge is -2.13. The molecular weight excluding hydrogens is 291 g/mol. The minimum Gasteiger partial charge on any atom is -0.301 e. The van der Waals surface area contributed by atoms with Gasteiger partial charge in [0.05, 0.1) is 16.9 Å². The van der Waals surface area contributed by atoms with Crippen molar-refractivity contribution in [1.29, 1.82) is 0 Å². The van der Waals surface area contributed by atoms with Crippen LogP contribution in [-0.2, 0) is 6.18 Å². The number of nitrogens with zero attached hydrogens (tertiary/aromatic N) is 1. The molecule has 3 nitrogen and oxygen atoms in total. The number of hydrogen-bond donors (Lipinski definition) is 2. The smallest absolute Gasteiger partial charge is 0.301 e. The monoisotopic (exact) mass is 303 g/mol. The average Bonchev–Trinajstić information content (AvgIpc) is 2.52. The van der Waals surface area contributed by atoms with Crippen LogP contribution in [0.15, 0.2) is 60.9 Å². The first-order chi connectivity index (χ1) is 10.5. The SMILES string of the molecule is FC(F)(F)c1ccc(NNc2cccc3cnccc23)cc1. The van der Waals surface area contributed by atoms with E-state index in [0.717, 1.165) is 28.6 Å². The quantitative estimate of drug-likeness (QED) is 0.689. The second kappa shape index (κ2) is 5.55. The zero-order chi connectivity index (χ0) is 15.6. The minimum absolute atomic E-state index is 0.541. The fourth-order valence-corrected chi connectivity index (χ4v) is 2.11. The summed E-state index contributed by atoms with van der Waals surface area (Å²) in [5.74, 6) is 0. The summed E-state index contributed by atoms with van der Waals surface area (Å²) in [4.78, 5) is 4.05. The number of anilines is 2. The molecule has 22 heavy (non-hydrogen) atoms. The maximum absolute atomic E-state index is 12.5. The molecule has 2 aromatic carbocycles. The summed E-state index contributed by atoms with van der Waals surface area (Å²) in [5.41, 5.74) is 6.59. The molecule has 0 bridgehead atoms. The van der Waals surface area contributed by atoms with Crippen molar-refractivity contribution < 1.29 is 13.2 Å². The van der Waals surface area contributed by atoms with Gasteiger partial charge in [-0.1, -0.05) is 12.1 Å². The first-order valence-corrected chi connectivity index (χ1v) is 6.56. The van der Waals surface area contributed by atoms with E-state index in [1.54, 1.807) is 12.4 Å². The molecule has 3 rings (SSSR count). The number of nitrogens with one attached hydrogen (secondary N) is 2. The summed E-state index contributed by atoms with van der Waals surface area (Å²) in [6.07, 6.45) is -0.890. The molecule has 0 saturated carbocycles. The Morgan fingerprint density at radius 1 is 0.864 bits per heavy atom. The van der Waals surface area contributed by atoms with Gasteiger partial charge in [-0.3, -0.25) is 4.98 Å². The summed E-state index contributed by atoms with van der Waals surface area (Å²) in [6.45, 7) is 0. The molecule has 0 unspecified atom stereocenters. The van der Waals surface area contributed by atoms with Crippen molar-refractivity contribution in [1.82, 2.24) is 4.98 Å². The van der Waals surface area contributed by atoms with E-state index in [2.05, 4.69) is 15.8 Å². The van der Waals surface area contributed by atoms with Gasteiger partial charge in [0.1, 0.15) is 0 Å². The van der Waals surface area contributed by atoms with Crippen LogP contribution in [0, 0.1) is 0 Å². The second-order valence-electron chi connectivity index (χ2n) is 4.73. The number of hydrogen-bond acceptors (Lipinski definition) is 3. The highest BCUT2D eigenvalue weighted by Gasteiger charge is 2.29. The van der Waals surface area contributed by atoms with E-state index < -0.39 is 11.7 Å². The number of alkyl halides is 3. The van der Waals surface area contributed by atoms with Crippen LogP contribution < -0.4 is 10.9 Å². The Morgan fingerprint density at radius 3 is 2.36 bits per heavy atom. The standard InChI is InChI=1S/C16H12F3N3/c17-16(18,19)12-4-6-13(7-5-12)21-22-15-3-1-2-11-10-20-9-8-14(11)15/h1-10,21-22H. The molecule has 1 heterocycles. The van der Waals surface area contributed by atoms with Crippen molar-refractivity contribution >= 4 is 22.1 Å². The largest absolute Gasteiger partial charge is 0.416 e. The van der Waals surface area contributed by atoms with Gasteiger partial charge in [-0.25, -0.2) is 0 Å². The Kier molecular flexibility index (Phi) is 3.58. The summed E-state index contributed by atoms with van der Waals surface area (Å²) in [6, 6.07) is 12.4. The van der Waals surface area contributed by atoms with Crippen molar-refractivity contribution in [3.05, 3.63) is 66.5 Å². The van der Waals surface area contributed by atoms with E-state index in [4.69, 9.17) is 0 Å². The van der Waals surface area contributed by atoms with Gasteiger partial charge in [0.15, 0.2) is 0 Å². The van der Waals surface area contributed by atoms with Gasteiger partial charge in [0.2, 0.25) is 0 Å². The highest BCUT2D eigenvalue weighted by molar-refractivity contribution is 5.93. The van der Waals surface area contributed by atoms with Crippen LogP contribution in [0.2, 0.25) is 0 Å². The van der Waals surface area contributed by atoms with Crippen molar-refractivity contribution in [2.45, 2.75) is 6.18 Å². The van der Waals surface area contributed by atoms with Crippen LogP contribution >= 0.6 is 0 Å². The Labute approximate surface area is 124 Å². The first kappa shape index (κ1) is 14.2. The number of aromatic nitrogens is 1. The van der Waals surface area contributed by atoms with Gasteiger partial charge in [-0.2, -0.15) is 13.2 Å². The predicted molar refractivity (Wildman–Crippen MR) is 80.4 cm³/mol. The number of benzene rings is 2. The third kappa shape index (κ3) is 2.95. The Bertz CT molecular complexity index is 777. The van der Waals surface area contributed by atoms with Gasteiger partial charge < -0.3 is 10.9 Å². The lowest BCUT2D eigenvalue weighted by molar-refractivity contribution is -0.137. The average molecular weight is 303 g/mol. The highest BCUT2D eigenvalue weighted by Crippen LogP contribution is 2.30. The minimum atomic E-state index is -4.32. The predicted octanol–water partition coefficient (Wildman–Crippen LogP) is 4.69. The van der Waals surface area contributed by atoms with Crippen molar-refractivity contribution in [3.8, 4) is 0 Å². The molecule has 0 aliphatic rings. The maximum Gasteiger partial charge on any atom is 0.416 e. The summed E-state index contributed by atoms with van der Waals surface area (Å²) in [7, 11) is 0. The fourth-order valence-electron chi connectivity index (χ4n) is 2.11. The molecule has 0 aliphatic carbocycles. The van der Waals surface area contributed by atoms with Crippen LogP contribution in [0.5, 0.6) is 0 Å². The van der Waals surface area contributed by atoms with Crippen LogP contribution in [0.25, 0.3) is 10.8 Å². The van der Waals surface area contributed by atoms with Crippen molar-refractivity contribution in [2.75, 3.05) is 10.9 Å². The molecule has 0 radical (unpaired) electrons. The maximum atomic E-state index is 12.5. The molecule has 1 aromatic heterocycles. The number of pyridine rings is 1. The van der Waals surface area contributed by atoms with E-state index in [0.29, 0.717) is 5.69 Å². The zero-order valence-corrected chi connectivity index (χ0v) is 11.4. The molecule has 2 N–H and O–H groups in total. The Balaban J connectivity index is 1.77. The molecule has 0 fully saturated rings. The molecular formula is C16H12F3N3. The van der Waals surface area contributed by atoms with Crippen LogP contribution in [0.3, 0.4) is 0 Å². The van der Waals surface area contributed by atoms with Gasteiger partial charge in [-0.05, 0) is 36.4 Å². The molecule has 6 heteroatoms. The van der Waals surface area contributed by atoms with E-state index >= 15 is 0 Å². The molecule has 0 atom stereocenters. The van der Waals surface area contributed by atoms with Gasteiger partial charge in [-0.15, -0.1) is 0 Å². The van der Waals surface area contributed by atoms with Gasteiger partial charge >= 0.3 is 6.18 Å². The molecule has 3 aromatic rings. The number of hydrazine groups is 1. The number of rotatable bonds is 3. The molecule has 112 valence electrons. The van der Waals surface area contributed by atoms with E-state index in [1.165, 1.54) is 12.1 Å². The second-order valence-corrected chi connectivity index (χ2v) is 4.73.